The molecule has 122 valence electrons. The monoisotopic (exact) mass is 358 g/mol. The number of nitrogens with one attached hydrogen (secondary N) is 1. The molecule has 0 unspecified atom stereocenters. The third-order valence-electron chi connectivity index (χ3n) is 3.56. The van der Waals surface area contributed by atoms with Crippen LogP contribution in [0.25, 0.3) is 16.7 Å². The Morgan fingerprint density at radius 2 is 2.12 bits per heavy atom. The number of rotatable bonds is 5. The van der Waals surface area contributed by atoms with Crippen LogP contribution in [0, 0.1) is 0 Å². The van der Waals surface area contributed by atoms with E-state index in [9.17, 15) is 0 Å². The second kappa shape index (κ2) is 6.37. The molecule has 0 aliphatic rings. The number of imidazole rings is 2. The van der Waals surface area contributed by atoms with E-state index in [1.807, 2.05) is 54.0 Å². The van der Waals surface area contributed by atoms with Crippen LogP contribution < -0.4 is 4.74 Å². The minimum absolute atomic E-state index is 0.652. The van der Waals surface area contributed by atoms with E-state index in [0.29, 0.717) is 11.6 Å². The standard InChI is InChI=1S/C17H15ClN4OS/c1-2-23-13-4-5-14-15(7-13)21-17(20-14)24-10-12-9-22-8-11(18)3-6-16(22)19-12/h3-9H,2,10H2,1H3,(H,20,21). The molecule has 0 bridgehead atoms. The summed E-state index contributed by atoms with van der Waals surface area (Å²) in [6.45, 7) is 2.62. The van der Waals surface area contributed by atoms with Gasteiger partial charge >= 0.3 is 0 Å². The van der Waals surface area contributed by atoms with Gasteiger partial charge in [0.15, 0.2) is 5.16 Å². The largest absolute Gasteiger partial charge is 0.494 e. The van der Waals surface area contributed by atoms with E-state index in [1.165, 1.54) is 0 Å². The van der Waals surface area contributed by atoms with E-state index in [1.54, 1.807) is 11.8 Å². The number of aromatic amines is 1. The van der Waals surface area contributed by atoms with Crippen molar-refractivity contribution in [2.75, 3.05) is 6.61 Å². The van der Waals surface area contributed by atoms with Crippen molar-refractivity contribution in [3.8, 4) is 5.75 Å². The average molecular weight is 359 g/mol. The molecule has 0 aliphatic heterocycles. The van der Waals surface area contributed by atoms with Gasteiger partial charge in [-0.15, -0.1) is 0 Å². The molecular weight excluding hydrogens is 344 g/mol. The molecule has 3 aromatic heterocycles. The number of thioether (sulfide) groups is 1. The van der Waals surface area contributed by atoms with Gasteiger partial charge in [-0.1, -0.05) is 23.4 Å². The first-order valence-electron chi connectivity index (χ1n) is 7.60. The number of nitrogens with zero attached hydrogens (tertiary/aromatic N) is 3. The fraction of sp³-hybridized carbons (Fsp3) is 0.176. The van der Waals surface area contributed by atoms with Crippen LogP contribution in [-0.2, 0) is 5.75 Å². The van der Waals surface area contributed by atoms with Crippen LogP contribution in [0.3, 0.4) is 0 Å². The summed E-state index contributed by atoms with van der Waals surface area (Å²) in [5, 5.41) is 1.57. The number of aromatic nitrogens is 4. The van der Waals surface area contributed by atoms with Crippen LogP contribution in [0.15, 0.2) is 47.9 Å². The van der Waals surface area contributed by atoms with E-state index < -0.39 is 0 Å². The maximum absolute atomic E-state index is 6.00. The third-order valence-corrected chi connectivity index (χ3v) is 4.69. The van der Waals surface area contributed by atoms with Crippen molar-refractivity contribution in [2.24, 2.45) is 0 Å². The molecule has 0 atom stereocenters. The highest BCUT2D eigenvalue weighted by atomic mass is 35.5. The Hall–Kier alpha value is -2.18. The van der Waals surface area contributed by atoms with Gasteiger partial charge in [-0.25, -0.2) is 9.97 Å². The number of benzene rings is 1. The fourth-order valence-corrected chi connectivity index (χ4v) is 3.46. The quantitative estimate of drug-likeness (QED) is 0.531. The van der Waals surface area contributed by atoms with Crippen LogP contribution in [-0.4, -0.2) is 26.0 Å². The Kier molecular flexibility index (Phi) is 4.08. The molecule has 4 rings (SSSR count). The Labute approximate surface area is 148 Å². The van der Waals surface area contributed by atoms with Crippen molar-refractivity contribution in [1.82, 2.24) is 19.4 Å². The van der Waals surface area contributed by atoms with Gasteiger partial charge in [0, 0.05) is 24.2 Å². The normalized spacial score (nSPS) is 11.4. The molecule has 0 spiro atoms. The van der Waals surface area contributed by atoms with Crippen molar-refractivity contribution >= 4 is 40.0 Å². The van der Waals surface area contributed by atoms with Crippen LogP contribution in [0.2, 0.25) is 5.02 Å². The lowest BCUT2D eigenvalue weighted by Crippen LogP contribution is -1.90. The van der Waals surface area contributed by atoms with E-state index in [0.717, 1.165) is 39.0 Å². The molecule has 0 fully saturated rings. The average Bonchev–Trinajstić information content (AvgIpc) is 3.15. The molecule has 0 amide bonds. The van der Waals surface area contributed by atoms with Crippen molar-refractivity contribution in [2.45, 2.75) is 17.8 Å². The second-order valence-electron chi connectivity index (χ2n) is 5.29. The van der Waals surface area contributed by atoms with Gasteiger partial charge in [-0.3, -0.25) is 0 Å². The minimum atomic E-state index is 0.652. The van der Waals surface area contributed by atoms with Crippen LogP contribution >= 0.6 is 23.4 Å². The maximum atomic E-state index is 6.00. The number of hydrogen-bond acceptors (Lipinski definition) is 4. The Morgan fingerprint density at radius 1 is 1.21 bits per heavy atom. The first kappa shape index (κ1) is 15.4. The van der Waals surface area contributed by atoms with Gasteiger partial charge < -0.3 is 14.1 Å². The summed E-state index contributed by atoms with van der Waals surface area (Å²) >= 11 is 7.62. The molecule has 0 saturated heterocycles. The predicted octanol–water partition coefficient (Wildman–Crippen LogP) is 4.56. The van der Waals surface area contributed by atoms with Crippen LogP contribution in [0.1, 0.15) is 12.6 Å². The highest BCUT2D eigenvalue weighted by Crippen LogP contribution is 2.25. The summed E-state index contributed by atoms with van der Waals surface area (Å²) in [5.41, 5.74) is 3.78. The zero-order valence-corrected chi connectivity index (χ0v) is 14.6. The van der Waals surface area contributed by atoms with Gasteiger partial charge in [-0.05, 0) is 31.2 Å². The molecule has 0 saturated carbocycles. The molecule has 3 heterocycles. The molecule has 5 nitrogen and oxygen atoms in total. The first-order chi connectivity index (χ1) is 11.7. The highest BCUT2D eigenvalue weighted by Gasteiger charge is 2.07. The van der Waals surface area contributed by atoms with Gasteiger partial charge in [-0.2, -0.15) is 0 Å². The van der Waals surface area contributed by atoms with Crippen LogP contribution in [0.4, 0.5) is 0 Å². The first-order valence-corrected chi connectivity index (χ1v) is 8.96. The highest BCUT2D eigenvalue weighted by molar-refractivity contribution is 7.98. The lowest BCUT2D eigenvalue weighted by Gasteiger charge is -2.00. The van der Waals surface area contributed by atoms with Crippen LogP contribution in [0.5, 0.6) is 5.75 Å². The molecule has 1 aromatic carbocycles. The number of fused-ring (bicyclic) bond motifs is 2. The zero-order chi connectivity index (χ0) is 16.5. The third kappa shape index (κ3) is 3.07. The molecular formula is C17H15ClN4OS. The summed E-state index contributed by atoms with van der Waals surface area (Å²) in [4.78, 5) is 12.5. The number of H-pyrrole nitrogens is 1. The predicted molar refractivity (Wildman–Crippen MR) is 97.0 cm³/mol. The van der Waals surface area contributed by atoms with Crippen molar-refractivity contribution in [1.29, 1.82) is 0 Å². The van der Waals surface area contributed by atoms with E-state index in [2.05, 4.69) is 15.0 Å². The molecule has 0 radical (unpaired) electrons. The second-order valence-corrected chi connectivity index (χ2v) is 6.69. The summed E-state index contributed by atoms with van der Waals surface area (Å²) in [6.07, 6.45) is 3.85. The van der Waals surface area contributed by atoms with Gasteiger partial charge in [0.05, 0.1) is 28.4 Å². The molecule has 7 heteroatoms. The Balaban J connectivity index is 1.52. The topological polar surface area (TPSA) is 55.2 Å². The SMILES string of the molecule is CCOc1ccc2nc(SCc3cn4cc(Cl)ccc4n3)[nH]c2c1. The molecule has 4 aromatic rings. The van der Waals surface area contributed by atoms with Gasteiger partial charge in [0.25, 0.3) is 0 Å². The van der Waals surface area contributed by atoms with Crippen molar-refractivity contribution < 1.29 is 4.74 Å². The summed E-state index contributed by atoms with van der Waals surface area (Å²) in [7, 11) is 0. The number of halogens is 1. The summed E-state index contributed by atoms with van der Waals surface area (Å²) in [5.74, 6) is 1.58. The molecule has 0 aliphatic carbocycles. The molecule has 1 N–H and O–H groups in total. The maximum Gasteiger partial charge on any atom is 0.166 e. The number of pyridine rings is 1. The van der Waals surface area contributed by atoms with Crippen molar-refractivity contribution in [3.05, 3.63) is 53.4 Å². The molecule has 24 heavy (non-hydrogen) atoms. The Morgan fingerprint density at radius 3 is 3.00 bits per heavy atom. The minimum Gasteiger partial charge on any atom is -0.494 e. The van der Waals surface area contributed by atoms with Gasteiger partial charge in [0.1, 0.15) is 11.4 Å². The van der Waals surface area contributed by atoms with E-state index in [-0.39, 0.29) is 0 Å². The smallest absolute Gasteiger partial charge is 0.166 e. The number of hydrogen-bond donors (Lipinski definition) is 1. The summed E-state index contributed by atoms with van der Waals surface area (Å²) in [6, 6.07) is 9.63. The number of ether oxygens (including phenoxy) is 1. The fourth-order valence-electron chi connectivity index (χ4n) is 2.52. The summed E-state index contributed by atoms with van der Waals surface area (Å²) < 4.78 is 7.45. The van der Waals surface area contributed by atoms with E-state index in [4.69, 9.17) is 16.3 Å². The Bertz CT molecular complexity index is 1010. The van der Waals surface area contributed by atoms with E-state index >= 15 is 0 Å². The lowest BCUT2D eigenvalue weighted by atomic mass is 10.3. The zero-order valence-electron chi connectivity index (χ0n) is 13.0. The van der Waals surface area contributed by atoms with Gasteiger partial charge in [0.2, 0.25) is 0 Å². The van der Waals surface area contributed by atoms with Crippen molar-refractivity contribution in [3.63, 3.8) is 0 Å². The lowest BCUT2D eigenvalue weighted by molar-refractivity contribution is 0.340.